The Morgan fingerprint density at radius 3 is 2.79 bits per heavy atom. The molecule has 34 heavy (non-hydrogen) atoms. The van der Waals surface area contributed by atoms with E-state index in [1.807, 2.05) is 6.07 Å². The van der Waals surface area contributed by atoms with Gasteiger partial charge in [0.05, 0.1) is 22.3 Å². The molecule has 0 N–H and O–H groups in total. The van der Waals surface area contributed by atoms with Gasteiger partial charge in [0, 0.05) is 23.8 Å². The summed E-state index contributed by atoms with van der Waals surface area (Å²) in [6.07, 6.45) is 2.66. The smallest absolute Gasteiger partial charge is 0.358 e. The zero-order valence-electron chi connectivity index (χ0n) is 17.5. The van der Waals surface area contributed by atoms with Crippen molar-refractivity contribution in [3.8, 4) is 11.9 Å². The molecule has 1 aliphatic heterocycles. The lowest BCUT2D eigenvalue weighted by Gasteiger charge is -2.21. The molecule has 172 valence electrons. The van der Waals surface area contributed by atoms with Gasteiger partial charge in [0.2, 0.25) is 5.82 Å². The van der Waals surface area contributed by atoms with Crippen LogP contribution < -0.4 is 0 Å². The van der Waals surface area contributed by atoms with Gasteiger partial charge in [0.25, 0.3) is 5.92 Å². The van der Waals surface area contributed by atoms with Crippen LogP contribution >= 0.6 is 23.5 Å². The van der Waals surface area contributed by atoms with E-state index in [-0.39, 0.29) is 22.8 Å². The fourth-order valence-electron chi connectivity index (χ4n) is 3.45. The third kappa shape index (κ3) is 4.12. The summed E-state index contributed by atoms with van der Waals surface area (Å²) >= 11 is 2.74. The number of nitrogens with zero attached hydrogens (tertiary/aromatic N) is 8. The summed E-state index contributed by atoms with van der Waals surface area (Å²) in [5.41, 5.74) is 1.07. The van der Waals surface area contributed by atoms with Gasteiger partial charge >= 0.3 is 5.82 Å². The van der Waals surface area contributed by atoms with E-state index in [9.17, 15) is 24.2 Å². The predicted octanol–water partition coefficient (Wildman–Crippen LogP) is 4.33. The molecule has 14 heteroatoms. The zero-order valence-corrected chi connectivity index (χ0v) is 19.1. The van der Waals surface area contributed by atoms with E-state index in [2.05, 4.69) is 20.4 Å². The normalized spacial score (nSPS) is 16.0. The number of aromatic nitrogens is 5. The van der Waals surface area contributed by atoms with E-state index in [4.69, 9.17) is 4.99 Å². The maximum atomic E-state index is 13.6. The number of thioether (sulfide) groups is 2. The number of alkyl halides is 2. The first-order chi connectivity index (χ1) is 16.2. The number of nitro groups is 1. The van der Waals surface area contributed by atoms with Crippen LogP contribution in [0.25, 0.3) is 5.82 Å². The highest BCUT2D eigenvalue weighted by molar-refractivity contribution is 8.38. The third-order valence-corrected chi connectivity index (χ3v) is 7.58. The van der Waals surface area contributed by atoms with Crippen LogP contribution in [0.5, 0.6) is 0 Å². The van der Waals surface area contributed by atoms with Crippen LogP contribution in [-0.4, -0.2) is 34.5 Å². The Bertz CT molecular complexity index is 1390. The summed E-state index contributed by atoms with van der Waals surface area (Å²) < 4.78 is 27.9. The van der Waals surface area contributed by atoms with Crippen molar-refractivity contribution in [2.45, 2.75) is 42.0 Å². The van der Waals surface area contributed by atoms with Crippen molar-refractivity contribution in [1.82, 2.24) is 25.2 Å². The standard InChI is InChI=1S/C20H14F2N8O2S2/c1-19(21,22)13-3-2-11(12(6-13)8-23)10-33-18-25-20(4-5-20)14-7-15(26-27-17(14)34-18)29-24-9-16(28-29)30(31)32/h2-3,6-7,9H,4-5,10H2,1H3. The van der Waals surface area contributed by atoms with Crippen LogP contribution in [0.2, 0.25) is 0 Å². The fourth-order valence-corrected chi connectivity index (χ4v) is 5.69. The lowest BCUT2D eigenvalue weighted by Crippen LogP contribution is -2.16. The maximum absolute atomic E-state index is 13.6. The molecule has 3 heterocycles. The van der Waals surface area contributed by atoms with E-state index in [1.54, 1.807) is 12.1 Å². The number of aliphatic imine (C=N–C) groups is 1. The van der Waals surface area contributed by atoms with Gasteiger partial charge < -0.3 is 10.1 Å². The number of hydrogen-bond acceptors (Lipinski definition) is 10. The molecule has 0 radical (unpaired) electrons. The second-order valence-electron chi connectivity index (χ2n) is 7.84. The summed E-state index contributed by atoms with van der Waals surface area (Å²) in [6, 6.07) is 7.86. The van der Waals surface area contributed by atoms with Crippen molar-refractivity contribution < 1.29 is 13.7 Å². The highest BCUT2D eigenvalue weighted by Gasteiger charge is 2.49. The Labute approximate surface area is 199 Å². The molecule has 1 spiro atoms. The molecule has 0 amide bonds. The van der Waals surface area contributed by atoms with Gasteiger partial charge in [0.15, 0.2) is 6.20 Å². The van der Waals surface area contributed by atoms with Gasteiger partial charge in [-0.25, -0.2) is 8.78 Å². The van der Waals surface area contributed by atoms with Crippen molar-refractivity contribution in [3.63, 3.8) is 0 Å². The van der Waals surface area contributed by atoms with Crippen molar-refractivity contribution in [2.75, 3.05) is 0 Å². The van der Waals surface area contributed by atoms with E-state index in [0.29, 0.717) is 16.3 Å². The van der Waals surface area contributed by atoms with E-state index >= 15 is 0 Å². The molecule has 3 aromatic rings. The van der Waals surface area contributed by atoms with Crippen LogP contribution in [0, 0.1) is 21.4 Å². The van der Waals surface area contributed by atoms with Crippen LogP contribution in [-0.2, 0) is 17.2 Å². The van der Waals surface area contributed by atoms with Gasteiger partial charge in [0.1, 0.15) is 9.40 Å². The first-order valence-corrected chi connectivity index (χ1v) is 11.8. The van der Waals surface area contributed by atoms with Gasteiger partial charge in [-0.2, -0.15) is 5.26 Å². The molecule has 0 saturated heterocycles. The average molecular weight is 501 g/mol. The summed E-state index contributed by atoms with van der Waals surface area (Å²) in [5.74, 6) is -2.76. The quantitative estimate of drug-likeness (QED) is 0.370. The number of halogens is 2. The third-order valence-electron chi connectivity index (χ3n) is 5.42. The molecule has 5 rings (SSSR count). The highest BCUT2D eigenvalue weighted by atomic mass is 32.2. The molecule has 1 aromatic carbocycles. The molecule has 10 nitrogen and oxygen atoms in total. The summed E-state index contributed by atoms with van der Waals surface area (Å²) in [6.45, 7) is 0.800. The molecule has 1 saturated carbocycles. The summed E-state index contributed by atoms with van der Waals surface area (Å²) in [4.78, 5) is 16.2. The van der Waals surface area contributed by atoms with E-state index in [0.717, 1.165) is 40.7 Å². The molecule has 1 fully saturated rings. The first-order valence-electron chi connectivity index (χ1n) is 9.96. The number of hydrogen-bond donors (Lipinski definition) is 0. The van der Waals surface area contributed by atoms with E-state index < -0.39 is 16.4 Å². The highest BCUT2D eigenvalue weighted by Crippen LogP contribution is 2.56. The zero-order chi connectivity index (χ0) is 24.1. The maximum Gasteiger partial charge on any atom is 0.410 e. The van der Waals surface area contributed by atoms with Crippen LogP contribution in [0.15, 0.2) is 40.5 Å². The van der Waals surface area contributed by atoms with Gasteiger partial charge in [-0.1, -0.05) is 23.9 Å². The second kappa shape index (κ2) is 8.10. The molecule has 0 unspecified atom stereocenters. The van der Waals surface area contributed by atoms with Crippen LogP contribution in [0.3, 0.4) is 0 Å². The fraction of sp³-hybridized carbons (Fsp3) is 0.300. The first kappa shape index (κ1) is 22.4. The minimum absolute atomic E-state index is 0.198. The number of nitriles is 1. The number of benzene rings is 1. The predicted molar refractivity (Wildman–Crippen MR) is 120 cm³/mol. The van der Waals surface area contributed by atoms with Crippen molar-refractivity contribution in [3.05, 3.63) is 62.8 Å². The topological polar surface area (TPSA) is 136 Å². The van der Waals surface area contributed by atoms with Gasteiger partial charge in [-0.15, -0.1) is 15.3 Å². The van der Waals surface area contributed by atoms with Crippen molar-refractivity contribution in [2.24, 2.45) is 4.99 Å². The Kier molecular flexibility index (Phi) is 5.33. The SMILES string of the molecule is CC(F)(F)c1ccc(CSC2=NC3(CC3)c3cc(-n4ncc([N+](=O)[O-])n4)nnc3S2)c(C#N)c1. The summed E-state index contributed by atoms with van der Waals surface area (Å²) in [7, 11) is 0. The monoisotopic (exact) mass is 500 g/mol. The Hall–Kier alpha value is -3.44. The van der Waals surface area contributed by atoms with Gasteiger partial charge in [-0.3, -0.25) is 4.99 Å². The Morgan fingerprint density at radius 1 is 1.35 bits per heavy atom. The molecule has 2 aromatic heterocycles. The Balaban J connectivity index is 1.36. The summed E-state index contributed by atoms with van der Waals surface area (Å²) in [5, 5.41) is 37.0. The molecular weight excluding hydrogens is 486 g/mol. The number of rotatable bonds is 5. The second-order valence-corrected chi connectivity index (χ2v) is 10.0. The lowest BCUT2D eigenvalue weighted by atomic mass is 10.0. The number of fused-ring (bicyclic) bond motifs is 2. The van der Waals surface area contributed by atoms with Gasteiger partial charge in [-0.05, 0) is 52.0 Å². The van der Waals surface area contributed by atoms with Crippen LogP contribution in [0.4, 0.5) is 14.6 Å². The molecule has 0 atom stereocenters. The Morgan fingerprint density at radius 2 is 2.15 bits per heavy atom. The minimum Gasteiger partial charge on any atom is -0.358 e. The van der Waals surface area contributed by atoms with Crippen molar-refractivity contribution in [1.29, 1.82) is 5.26 Å². The molecule has 0 bridgehead atoms. The largest absolute Gasteiger partial charge is 0.410 e. The molecule has 1 aliphatic carbocycles. The minimum atomic E-state index is -3.02. The lowest BCUT2D eigenvalue weighted by molar-refractivity contribution is -0.389. The van der Waals surface area contributed by atoms with Crippen LogP contribution in [0.1, 0.15) is 42.0 Å². The van der Waals surface area contributed by atoms with E-state index in [1.165, 1.54) is 35.7 Å². The average Bonchev–Trinajstić information content (AvgIpc) is 3.38. The molecule has 2 aliphatic rings. The molecular formula is C20H14F2N8O2S2. The van der Waals surface area contributed by atoms with Crippen molar-refractivity contribution >= 4 is 33.7 Å².